The highest BCUT2D eigenvalue weighted by Gasteiger charge is 2.35. The van der Waals surface area contributed by atoms with Gasteiger partial charge >= 0.3 is 5.97 Å². The van der Waals surface area contributed by atoms with Gasteiger partial charge in [0.25, 0.3) is 0 Å². The van der Waals surface area contributed by atoms with Crippen molar-refractivity contribution in [3.8, 4) is 0 Å². The van der Waals surface area contributed by atoms with E-state index in [1.807, 2.05) is 18.2 Å². The molecule has 1 unspecified atom stereocenters. The van der Waals surface area contributed by atoms with E-state index < -0.39 is 17.6 Å². The Balaban J connectivity index is 0.00000280. The van der Waals surface area contributed by atoms with Crippen molar-refractivity contribution < 1.29 is 24.6 Å². The largest absolute Gasteiger partial charge is 0.481 e. The Kier molecular flexibility index (Phi) is 7.30. The number of anilines is 2. The molecule has 0 radical (unpaired) electrons. The van der Waals surface area contributed by atoms with Gasteiger partial charge in [-0.1, -0.05) is 0 Å². The van der Waals surface area contributed by atoms with Crippen molar-refractivity contribution in [2.75, 3.05) is 23.3 Å². The summed E-state index contributed by atoms with van der Waals surface area (Å²) >= 11 is 3.55. The van der Waals surface area contributed by atoms with Crippen LogP contribution >= 0.6 is 28.3 Å². The highest BCUT2D eigenvalue weighted by Crippen LogP contribution is 2.34. The number of rotatable bonds is 5. The Labute approximate surface area is 177 Å². The number of nitrogens with zero attached hydrogens (tertiary/aromatic N) is 1. The van der Waals surface area contributed by atoms with Crippen LogP contribution in [0.2, 0.25) is 0 Å². The minimum Gasteiger partial charge on any atom is -0.481 e. The number of halogens is 2. The molecule has 8 nitrogen and oxygen atoms in total. The minimum absolute atomic E-state index is 0. The molecule has 28 heavy (non-hydrogen) atoms. The lowest BCUT2D eigenvalue weighted by molar-refractivity contribution is -0.143. The fraction of sp³-hybridized carbons (Fsp3) is 0.500. The van der Waals surface area contributed by atoms with E-state index in [-0.39, 0.29) is 30.6 Å². The Morgan fingerprint density at radius 3 is 2.57 bits per heavy atom. The molecular weight excluding hydrogens is 454 g/mol. The van der Waals surface area contributed by atoms with Gasteiger partial charge in [-0.25, -0.2) is 0 Å². The van der Waals surface area contributed by atoms with Gasteiger partial charge in [-0.05, 0) is 53.4 Å². The lowest BCUT2D eigenvalue weighted by Gasteiger charge is -2.39. The number of carboxylic acids is 1. The fourth-order valence-corrected chi connectivity index (χ4v) is 4.14. The minimum atomic E-state index is -1.15. The summed E-state index contributed by atoms with van der Waals surface area (Å²) in [6, 6.07) is 5.21. The first-order valence-electron chi connectivity index (χ1n) is 8.85. The van der Waals surface area contributed by atoms with E-state index in [0.717, 1.165) is 15.8 Å². The van der Waals surface area contributed by atoms with E-state index in [2.05, 4.69) is 31.5 Å². The molecule has 0 spiro atoms. The molecular formula is C18H23BrClN3O5. The summed E-state index contributed by atoms with van der Waals surface area (Å²) in [6.45, 7) is 1.12. The zero-order chi connectivity index (χ0) is 19.6. The van der Waals surface area contributed by atoms with Crippen LogP contribution < -0.4 is 15.5 Å². The van der Waals surface area contributed by atoms with Gasteiger partial charge < -0.3 is 20.4 Å². The van der Waals surface area contributed by atoms with E-state index in [1.54, 1.807) is 0 Å². The Morgan fingerprint density at radius 2 is 2.00 bits per heavy atom. The second-order valence-electron chi connectivity index (χ2n) is 7.10. The van der Waals surface area contributed by atoms with Crippen molar-refractivity contribution in [2.45, 2.75) is 43.7 Å². The van der Waals surface area contributed by atoms with E-state index in [9.17, 15) is 19.5 Å². The standard InChI is InChI=1S/C18H22BrN3O5.ClH/c19-12-9-11(20-13-2-4-15(23)21-17(13)26)1-3-14(12)22-7-5-18(27,6-8-22)10-16(24)25;/h1,3,9,13,20,27H,2,4-8,10H2,(H,24,25)(H,21,23,26);1H. The molecule has 0 aromatic heterocycles. The number of hydrogen-bond donors (Lipinski definition) is 4. The first kappa shape index (κ1) is 22.4. The third-order valence-electron chi connectivity index (χ3n) is 5.04. The Bertz CT molecular complexity index is 768. The molecule has 4 N–H and O–H groups in total. The number of imide groups is 1. The number of piperidine rings is 2. The van der Waals surface area contributed by atoms with Gasteiger partial charge in [0.05, 0.1) is 17.7 Å². The van der Waals surface area contributed by atoms with Crippen molar-refractivity contribution in [1.29, 1.82) is 0 Å². The molecule has 2 saturated heterocycles. The predicted octanol–water partition coefficient (Wildman–Crippen LogP) is 1.89. The van der Waals surface area contributed by atoms with Crippen LogP contribution in [-0.2, 0) is 14.4 Å². The topological polar surface area (TPSA) is 119 Å². The van der Waals surface area contributed by atoms with Gasteiger partial charge in [-0.15, -0.1) is 12.4 Å². The molecule has 1 aromatic carbocycles. The maximum absolute atomic E-state index is 11.9. The number of carbonyl (C=O) groups excluding carboxylic acids is 2. The molecule has 1 atom stereocenters. The van der Waals surface area contributed by atoms with Crippen molar-refractivity contribution in [3.63, 3.8) is 0 Å². The molecule has 2 fully saturated rings. The van der Waals surface area contributed by atoms with Gasteiger partial charge in [0.15, 0.2) is 0 Å². The molecule has 2 aliphatic rings. The average Bonchev–Trinajstić information content (AvgIpc) is 2.58. The quantitative estimate of drug-likeness (QED) is 0.479. The van der Waals surface area contributed by atoms with Crippen molar-refractivity contribution >= 4 is 57.5 Å². The molecule has 154 valence electrons. The summed E-state index contributed by atoms with van der Waals surface area (Å²) < 4.78 is 0.837. The van der Waals surface area contributed by atoms with Gasteiger partial charge in [-0.2, -0.15) is 0 Å². The normalized spacial score (nSPS) is 21.5. The molecule has 0 saturated carbocycles. The first-order chi connectivity index (χ1) is 12.8. The summed E-state index contributed by atoms with van der Waals surface area (Å²) in [5.41, 5.74) is 0.558. The maximum atomic E-state index is 11.9. The number of carboxylic acid groups (broad SMARTS) is 1. The fourth-order valence-electron chi connectivity index (χ4n) is 3.51. The summed E-state index contributed by atoms with van der Waals surface area (Å²) in [4.78, 5) is 36.1. The van der Waals surface area contributed by atoms with Crippen LogP contribution in [0.5, 0.6) is 0 Å². The van der Waals surface area contributed by atoms with Gasteiger partial charge in [0, 0.05) is 29.7 Å². The lowest BCUT2D eigenvalue weighted by Crippen LogP contribution is -2.47. The molecule has 1 aromatic rings. The molecule has 0 bridgehead atoms. The maximum Gasteiger partial charge on any atom is 0.306 e. The van der Waals surface area contributed by atoms with Crippen molar-refractivity contribution in [3.05, 3.63) is 22.7 Å². The first-order valence-corrected chi connectivity index (χ1v) is 9.64. The number of aliphatic carboxylic acids is 1. The molecule has 0 aliphatic carbocycles. The van der Waals surface area contributed by atoms with Crippen LogP contribution in [0.4, 0.5) is 11.4 Å². The number of hydrogen-bond acceptors (Lipinski definition) is 6. The van der Waals surface area contributed by atoms with E-state index in [0.29, 0.717) is 38.8 Å². The zero-order valence-corrected chi connectivity index (χ0v) is 17.5. The van der Waals surface area contributed by atoms with Crippen LogP contribution in [0.25, 0.3) is 0 Å². The average molecular weight is 477 g/mol. The Hall–Kier alpha value is -1.84. The van der Waals surface area contributed by atoms with Gasteiger partial charge in [0.2, 0.25) is 11.8 Å². The predicted molar refractivity (Wildman–Crippen MR) is 110 cm³/mol. The van der Waals surface area contributed by atoms with Crippen LogP contribution in [0.3, 0.4) is 0 Å². The molecule has 3 rings (SSSR count). The monoisotopic (exact) mass is 475 g/mol. The highest BCUT2D eigenvalue weighted by atomic mass is 79.9. The third-order valence-corrected chi connectivity index (χ3v) is 5.68. The van der Waals surface area contributed by atoms with Crippen LogP contribution in [-0.4, -0.2) is 52.7 Å². The summed E-state index contributed by atoms with van der Waals surface area (Å²) in [6.07, 6.45) is 1.31. The number of carbonyl (C=O) groups is 3. The third kappa shape index (κ3) is 5.36. The van der Waals surface area contributed by atoms with E-state index in [4.69, 9.17) is 5.11 Å². The number of nitrogens with one attached hydrogen (secondary N) is 2. The van der Waals surface area contributed by atoms with Crippen molar-refractivity contribution in [2.24, 2.45) is 0 Å². The molecule has 10 heteroatoms. The van der Waals surface area contributed by atoms with Crippen molar-refractivity contribution in [1.82, 2.24) is 5.32 Å². The zero-order valence-electron chi connectivity index (χ0n) is 15.1. The summed E-state index contributed by atoms with van der Waals surface area (Å²) in [7, 11) is 0. The molecule has 2 amide bonds. The summed E-state index contributed by atoms with van der Waals surface area (Å²) in [5, 5.41) is 24.7. The van der Waals surface area contributed by atoms with Crippen LogP contribution in [0.15, 0.2) is 22.7 Å². The number of benzene rings is 1. The van der Waals surface area contributed by atoms with Gasteiger partial charge in [0.1, 0.15) is 6.04 Å². The van der Waals surface area contributed by atoms with Crippen LogP contribution in [0, 0.1) is 0 Å². The Morgan fingerprint density at radius 1 is 1.32 bits per heavy atom. The SMILES string of the molecule is Cl.O=C(O)CC1(O)CCN(c2ccc(NC3CCC(=O)NC3=O)cc2Br)CC1. The van der Waals surface area contributed by atoms with Crippen LogP contribution in [0.1, 0.15) is 32.1 Å². The van der Waals surface area contributed by atoms with E-state index in [1.165, 1.54) is 0 Å². The molecule has 2 heterocycles. The highest BCUT2D eigenvalue weighted by molar-refractivity contribution is 9.10. The second-order valence-corrected chi connectivity index (χ2v) is 7.95. The summed E-state index contributed by atoms with van der Waals surface area (Å²) in [5.74, 6) is -1.56. The van der Waals surface area contributed by atoms with Gasteiger partial charge in [-0.3, -0.25) is 19.7 Å². The van der Waals surface area contributed by atoms with E-state index >= 15 is 0 Å². The number of amides is 2. The number of aliphatic hydroxyl groups is 1. The lowest BCUT2D eigenvalue weighted by atomic mass is 9.88. The molecule has 2 aliphatic heterocycles. The smallest absolute Gasteiger partial charge is 0.306 e. The second kappa shape index (κ2) is 9.11.